The zero-order valence-electron chi connectivity index (χ0n) is 8.48. The minimum Gasteiger partial charge on any atom is -0.478 e. The molecule has 3 N–H and O–H groups in total. The summed E-state index contributed by atoms with van der Waals surface area (Å²) in [6, 6.07) is 1.50. The number of hydrogen-bond donors (Lipinski definition) is 2. The van der Waals surface area contributed by atoms with Gasteiger partial charge in [0, 0.05) is 24.3 Å². The lowest BCUT2D eigenvalue weighted by molar-refractivity contribution is 0.0698. The predicted octanol–water partition coefficient (Wildman–Crippen LogP) is 1.16. The summed E-state index contributed by atoms with van der Waals surface area (Å²) in [5.41, 5.74) is 7.58. The van der Waals surface area contributed by atoms with Crippen molar-refractivity contribution in [1.29, 1.82) is 0 Å². The number of carboxylic acid groups (broad SMARTS) is 1. The van der Waals surface area contributed by atoms with Gasteiger partial charge in [-0.05, 0) is 18.6 Å². The summed E-state index contributed by atoms with van der Waals surface area (Å²) in [7, 11) is 1.79. The van der Waals surface area contributed by atoms with Crippen LogP contribution in [-0.2, 0) is 7.05 Å². The molecule has 0 aliphatic carbocycles. The van der Waals surface area contributed by atoms with Crippen LogP contribution in [0.3, 0.4) is 0 Å². The van der Waals surface area contributed by atoms with Crippen molar-refractivity contribution in [3.05, 3.63) is 23.4 Å². The van der Waals surface area contributed by atoms with Crippen molar-refractivity contribution in [3.63, 3.8) is 0 Å². The van der Waals surface area contributed by atoms with Crippen molar-refractivity contribution in [3.8, 4) is 0 Å². The number of aryl methyl sites for hydroxylation is 2. The number of carbonyl (C=O) groups is 1. The number of aromatic nitrogens is 2. The fraction of sp³-hybridized carbons (Fsp3) is 0.200. The number of carboxylic acids is 1. The summed E-state index contributed by atoms with van der Waals surface area (Å²) >= 11 is 0. The Hall–Kier alpha value is -2.04. The van der Waals surface area contributed by atoms with Crippen molar-refractivity contribution >= 4 is 22.6 Å². The lowest BCUT2D eigenvalue weighted by Crippen LogP contribution is -2.04. The van der Waals surface area contributed by atoms with Crippen molar-refractivity contribution in [2.75, 3.05) is 5.73 Å². The molecular formula is C10H11N3O2. The van der Waals surface area contributed by atoms with E-state index in [4.69, 9.17) is 10.8 Å². The number of nitrogens with zero attached hydrogens (tertiary/aromatic N) is 2. The van der Waals surface area contributed by atoms with Gasteiger partial charge in [0.15, 0.2) is 0 Å². The highest BCUT2D eigenvalue weighted by Crippen LogP contribution is 2.26. The highest BCUT2D eigenvalue weighted by Gasteiger charge is 2.14. The van der Waals surface area contributed by atoms with E-state index in [1.807, 2.05) is 6.20 Å². The van der Waals surface area contributed by atoms with Gasteiger partial charge >= 0.3 is 5.97 Å². The molecule has 2 rings (SSSR count). The molecule has 2 aromatic rings. The van der Waals surface area contributed by atoms with E-state index in [0.29, 0.717) is 11.2 Å². The van der Waals surface area contributed by atoms with Gasteiger partial charge in [-0.3, -0.25) is 4.68 Å². The first-order valence-electron chi connectivity index (χ1n) is 4.46. The van der Waals surface area contributed by atoms with Crippen molar-refractivity contribution < 1.29 is 9.90 Å². The van der Waals surface area contributed by atoms with Crippen LogP contribution in [0, 0.1) is 6.92 Å². The van der Waals surface area contributed by atoms with E-state index >= 15 is 0 Å². The van der Waals surface area contributed by atoms with E-state index in [1.165, 1.54) is 6.07 Å². The Balaban J connectivity index is 2.87. The summed E-state index contributed by atoms with van der Waals surface area (Å²) < 4.78 is 1.64. The maximum absolute atomic E-state index is 10.9. The second-order valence-electron chi connectivity index (χ2n) is 3.50. The lowest BCUT2D eigenvalue weighted by atomic mass is 10.0. The molecule has 5 heteroatoms. The van der Waals surface area contributed by atoms with Gasteiger partial charge in [0.2, 0.25) is 0 Å². The highest BCUT2D eigenvalue weighted by molar-refractivity contribution is 6.01. The second kappa shape index (κ2) is 2.98. The zero-order chi connectivity index (χ0) is 11.2. The van der Waals surface area contributed by atoms with Gasteiger partial charge in [-0.1, -0.05) is 0 Å². The number of nitrogens with two attached hydrogens (primary N) is 1. The number of anilines is 1. The van der Waals surface area contributed by atoms with Gasteiger partial charge in [-0.2, -0.15) is 5.10 Å². The molecule has 0 fully saturated rings. The Morgan fingerprint density at radius 2 is 2.27 bits per heavy atom. The van der Waals surface area contributed by atoms with E-state index in [2.05, 4.69) is 5.10 Å². The van der Waals surface area contributed by atoms with Gasteiger partial charge in [-0.25, -0.2) is 4.79 Å². The standard InChI is InChI=1S/C10H11N3O2/c1-5-7-4-13(2)12-8(7)3-6(9(5)11)10(14)15/h3-4H,11H2,1-2H3,(H,14,15). The maximum atomic E-state index is 10.9. The minimum absolute atomic E-state index is 0.110. The molecule has 0 amide bonds. The van der Waals surface area contributed by atoms with E-state index in [9.17, 15) is 4.79 Å². The zero-order valence-corrected chi connectivity index (χ0v) is 8.48. The summed E-state index contributed by atoms with van der Waals surface area (Å²) in [6.45, 7) is 1.80. The SMILES string of the molecule is Cc1c(N)c(C(=O)O)cc2nn(C)cc12. The Kier molecular flexibility index (Phi) is 1.89. The summed E-state index contributed by atoms with van der Waals surface area (Å²) in [6.07, 6.45) is 1.83. The van der Waals surface area contributed by atoms with Crippen LogP contribution < -0.4 is 5.73 Å². The van der Waals surface area contributed by atoms with Gasteiger partial charge in [0.05, 0.1) is 11.1 Å². The van der Waals surface area contributed by atoms with E-state index in [0.717, 1.165) is 10.9 Å². The Morgan fingerprint density at radius 3 is 2.87 bits per heavy atom. The van der Waals surface area contributed by atoms with Gasteiger partial charge in [0.25, 0.3) is 0 Å². The highest BCUT2D eigenvalue weighted by atomic mass is 16.4. The molecule has 15 heavy (non-hydrogen) atoms. The first-order valence-corrected chi connectivity index (χ1v) is 4.46. The third-order valence-electron chi connectivity index (χ3n) is 2.47. The third-order valence-corrected chi connectivity index (χ3v) is 2.47. The topological polar surface area (TPSA) is 81.1 Å². The fourth-order valence-corrected chi connectivity index (χ4v) is 1.64. The van der Waals surface area contributed by atoms with E-state index in [-0.39, 0.29) is 5.56 Å². The molecule has 0 aliphatic rings. The van der Waals surface area contributed by atoms with Gasteiger partial charge < -0.3 is 10.8 Å². The molecule has 0 spiro atoms. The number of aromatic carboxylic acids is 1. The van der Waals surface area contributed by atoms with Crippen LogP contribution in [0.4, 0.5) is 5.69 Å². The molecule has 78 valence electrons. The van der Waals surface area contributed by atoms with Crippen LogP contribution in [0.2, 0.25) is 0 Å². The number of benzene rings is 1. The molecule has 1 aromatic heterocycles. The largest absolute Gasteiger partial charge is 0.478 e. The molecule has 0 aliphatic heterocycles. The molecule has 0 bridgehead atoms. The van der Waals surface area contributed by atoms with Crippen LogP contribution in [0.15, 0.2) is 12.3 Å². The summed E-state index contributed by atoms with van der Waals surface area (Å²) in [5.74, 6) is -1.02. The van der Waals surface area contributed by atoms with Gasteiger partial charge in [-0.15, -0.1) is 0 Å². The quantitative estimate of drug-likeness (QED) is 0.684. The van der Waals surface area contributed by atoms with Crippen LogP contribution in [0.5, 0.6) is 0 Å². The Morgan fingerprint density at radius 1 is 1.60 bits per heavy atom. The maximum Gasteiger partial charge on any atom is 0.337 e. The molecule has 1 heterocycles. The number of hydrogen-bond acceptors (Lipinski definition) is 3. The molecule has 1 aromatic carbocycles. The smallest absolute Gasteiger partial charge is 0.337 e. The van der Waals surface area contributed by atoms with Crippen LogP contribution in [0.1, 0.15) is 15.9 Å². The average Bonchev–Trinajstić information content (AvgIpc) is 2.52. The van der Waals surface area contributed by atoms with Crippen LogP contribution >= 0.6 is 0 Å². The number of fused-ring (bicyclic) bond motifs is 1. The van der Waals surface area contributed by atoms with Crippen molar-refractivity contribution in [2.24, 2.45) is 7.05 Å². The molecule has 0 radical (unpaired) electrons. The molecule has 5 nitrogen and oxygen atoms in total. The van der Waals surface area contributed by atoms with Gasteiger partial charge in [0.1, 0.15) is 0 Å². The molecular weight excluding hydrogens is 194 g/mol. The first kappa shape index (κ1) is 9.51. The number of rotatable bonds is 1. The Labute approximate surface area is 86.1 Å². The first-order chi connectivity index (χ1) is 7.00. The van der Waals surface area contributed by atoms with Crippen molar-refractivity contribution in [2.45, 2.75) is 6.92 Å². The molecule has 0 unspecified atom stereocenters. The van der Waals surface area contributed by atoms with Crippen LogP contribution in [-0.4, -0.2) is 20.9 Å². The van der Waals surface area contributed by atoms with E-state index < -0.39 is 5.97 Å². The predicted molar refractivity (Wildman–Crippen MR) is 56.8 cm³/mol. The number of nitrogen functional groups attached to an aromatic ring is 1. The van der Waals surface area contributed by atoms with E-state index in [1.54, 1.807) is 18.7 Å². The average molecular weight is 205 g/mol. The normalized spacial score (nSPS) is 10.8. The third kappa shape index (κ3) is 1.32. The van der Waals surface area contributed by atoms with Crippen molar-refractivity contribution in [1.82, 2.24) is 9.78 Å². The van der Waals surface area contributed by atoms with Crippen LogP contribution in [0.25, 0.3) is 10.9 Å². The fourth-order valence-electron chi connectivity index (χ4n) is 1.64. The summed E-state index contributed by atoms with van der Waals surface area (Å²) in [4.78, 5) is 10.9. The molecule has 0 atom stereocenters. The molecule has 0 saturated carbocycles. The Bertz CT molecular complexity index is 557. The molecule has 0 saturated heterocycles. The minimum atomic E-state index is -1.02. The lowest BCUT2D eigenvalue weighted by Gasteiger charge is -2.04. The second-order valence-corrected chi connectivity index (χ2v) is 3.50. The summed E-state index contributed by atoms with van der Waals surface area (Å²) in [5, 5.41) is 14.0. The monoisotopic (exact) mass is 205 g/mol.